The highest BCUT2D eigenvalue weighted by atomic mass is 19.2. The van der Waals surface area contributed by atoms with E-state index in [2.05, 4.69) is 5.32 Å². The van der Waals surface area contributed by atoms with Crippen molar-refractivity contribution in [2.24, 2.45) is 0 Å². The third-order valence-electron chi connectivity index (χ3n) is 2.62. The zero-order valence-electron chi connectivity index (χ0n) is 11.6. The first-order valence-corrected chi connectivity index (χ1v) is 6.05. The molecule has 0 fully saturated rings. The number of hydrogen-bond donors (Lipinski definition) is 1. The van der Waals surface area contributed by atoms with Gasteiger partial charge in [-0.05, 0) is 12.1 Å². The SMILES string of the molecule is COCCNC(=O)CN(C(C)=O)c1ccc(F)c(F)c1F. The minimum absolute atomic E-state index is 0.210. The number of nitrogens with zero attached hydrogens (tertiary/aromatic N) is 1. The van der Waals surface area contributed by atoms with Gasteiger partial charge in [0.1, 0.15) is 6.54 Å². The van der Waals surface area contributed by atoms with Crippen LogP contribution in [-0.4, -0.2) is 38.6 Å². The van der Waals surface area contributed by atoms with E-state index in [0.29, 0.717) is 6.07 Å². The van der Waals surface area contributed by atoms with E-state index in [1.165, 1.54) is 7.11 Å². The van der Waals surface area contributed by atoms with Gasteiger partial charge in [0, 0.05) is 20.6 Å². The Labute approximate surface area is 119 Å². The van der Waals surface area contributed by atoms with Gasteiger partial charge in [0.05, 0.1) is 12.3 Å². The first-order valence-electron chi connectivity index (χ1n) is 6.05. The van der Waals surface area contributed by atoms with Gasteiger partial charge < -0.3 is 15.0 Å². The quantitative estimate of drug-likeness (QED) is 0.635. The summed E-state index contributed by atoms with van der Waals surface area (Å²) in [7, 11) is 1.45. The van der Waals surface area contributed by atoms with Gasteiger partial charge in [0.25, 0.3) is 0 Å². The van der Waals surface area contributed by atoms with E-state index in [0.717, 1.165) is 17.9 Å². The molecule has 1 rings (SSSR count). The largest absolute Gasteiger partial charge is 0.383 e. The number of carbonyl (C=O) groups is 2. The third kappa shape index (κ3) is 4.45. The van der Waals surface area contributed by atoms with Gasteiger partial charge in [-0.3, -0.25) is 9.59 Å². The van der Waals surface area contributed by atoms with Crippen molar-refractivity contribution in [1.82, 2.24) is 5.32 Å². The molecule has 0 spiro atoms. The van der Waals surface area contributed by atoms with Gasteiger partial charge >= 0.3 is 0 Å². The molecule has 1 N–H and O–H groups in total. The van der Waals surface area contributed by atoms with Crippen LogP contribution in [0.4, 0.5) is 18.9 Å². The molecule has 1 aromatic rings. The van der Waals surface area contributed by atoms with Crippen molar-refractivity contribution in [3.05, 3.63) is 29.6 Å². The van der Waals surface area contributed by atoms with Gasteiger partial charge in [-0.25, -0.2) is 13.2 Å². The Bertz CT molecular complexity index is 538. The second-order valence-electron chi connectivity index (χ2n) is 4.14. The number of anilines is 1. The van der Waals surface area contributed by atoms with Crippen LogP contribution in [0.25, 0.3) is 0 Å². The molecular weight excluding hydrogens is 289 g/mol. The first-order chi connectivity index (χ1) is 9.88. The standard InChI is InChI=1S/C13H15F3N2O3/c1-8(19)18(7-11(20)17-5-6-21-2)10-4-3-9(14)12(15)13(10)16/h3-4H,5-7H2,1-2H3,(H,17,20). The van der Waals surface area contributed by atoms with Crippen LogP contribution in [0.15, 0.2) is 12.1 Å². The summed E-state index contributed by atoms with van der Waals surface area (Å²) in [5, 5.41) is 2.44. The van der Waals surface area contributed by atoms with E-state index in [1.807, 2.05) is 0 Å². The Balaban J connectivity index is 2.90. The Morgan fingerprint density at radius 3 is 2.48 bits per heavy atom. The molecule has 0 aliphatic rings. The second-order valence-corrected chi connectivity index (χ2v) is 4.14. The molecule has 0 bridgehead atoms. The maximum atomic E-state index is 13.7. The minimum Gasteiger partial charge on any atom is -0.383 e. The summed E-state index contributed by atoms with van der Waals surface area (Å²) >= 11 is 0. The predicted molar refractivity (Wildman–Crippen MR) is 69.2 cm³/mol. The fourth-order valence-corrected chi connectivity index (χ4v) is 1.58. The van der Waals surface area contributed by atoms with E-state index >= 15 is 0 Å². The molecule has 0 aliphatic carbocycles. The molecule has 116 valence electrons. The summed E-state index contributed by atoms with van der Waals surface area (Å²) in [6.45, 7) is 1.05. The number of carbonyl (C=O) groups excluding carboxylic acids is 2. The molecule has 21 heavy (non-hydrogen) atoms. The van der Waals surface area contributed by atoms with Crippen molar-refractivity contribution in [2.45, 2.75) is 6.92 Å². The van der Waals surface area contributed by atoms with Gasteiger partial charge in [-0.1, -0.05) is 0 Å². The maximum absolute atomic E-state index is 13.7. The number of ether oxygens (including phenoxy) is 1. The zero-order valence-corrected chi connectivity index (χ0v) is 11.6. The van der Waals surface area contributed by atoms with Crippen molar-refractivity contribution in [3.8, 4) is 0 Å². The Kier molecular flexibility index (Phi) is 6.16. The lowest BCUT2D eigenvalue weighted by Crippen LogP contribution is -2.41. The molecule has 8 heteroatoms. The number of benzene rings is 1. The summed E-state index contributed by atoms with van der Waals surface area (Å²) in [6.07, 6.45) is 0. The number of hydrogen-bond acceptors (Lipinski definition) is 3. The van der Waals surface area contributed by atoms with Crippen molar-refractivity contribution in [1.29, 1.82) is 0 Å². The normalized spacial score (nSPS) is 10.3. The van der Waals surface area contributed by atoms with Gasteiger partial charge in [-0.15, -0.1) is 0 Å². The molecule has 0 unspecified atom stereocenters. The smallest absolute Gasteiger partial charge is 0.240 e. The summed E-state index contributed by atoms with van der Waals surface area (Å²) in [5.74, 6) is -5.84. The number of rotatable bonds is 6. The molecule has 1 aromatic carbocycles. The molecule has 0 saturated heterocycles. The van der Waals surface area contributed by atoms with Crippen LogP contribution in [0.1, 0.15) is 6.92 Å². The van der Waals surface area contributed by atoms with Crippen molar-refractivity contribution in [2.75, 3.05) is 31.7 Å². The third-order valence-corrected chi connectivity index (χ3v) is 2.62. The summed E-state index contributed by atoms with van der Waals surface area (Å²) < 4.78 is 44.5. The molecule has 0 saturated carbocycles. The highest BCUT2D eigenvalue weighted by molar-refractivity contribution is 5.97. The number of amides is 2. The highest BCUT2D eigenvalue weighted by Crippen LogP contribution is 2.23. The summed E-state index contributed by atoms with van der Waals surface area (Å²) in [4.78, 5) is 23.8. The van der Waals surface area contributed by atoms with Crippen LogP contribution < -0.4 is 10.2 Å². The molecule has 0 radical (unpaired) electrons. The molecular formula is C13H15F3N2O3. The lowest BCUT2D eigenvalue weighted by atomic mass is 10.2. The van der Waals surface area contributed by atoms with E-state index in [4.69, 9.17) is 4.74 Å². The lowest BCUT2D eigenvalue weighted by Gasteiger charge is -2.21. The van der Waals surface area contributed by atoms with E-state index in [1.54, 1.807) is 0 Å². The monoisotopic (exact) mass is 304 g/mol. The van der Waals surface area contributed by atoms with Crippen LogP contribution in [0.5, 0.6) is 0 Å². The highest BCUT2D eigenvalue weighted by Gasteiger charge is 2.22. The van der Waals surface area contributed by atoms with E-state index in [-0.39, 0.29) is 13.2 Å². The van der Waals surface area contributed by atoms with Crippen molar-refractivity contribution in [3.63, 3.8) is 0 Å². The Morgan fingerprint density at radius 1 is 1.24 bits per heavy atom. The van der Waals surface area contributed by atoms with Crippen LogP contribution >= 0.6 is 0 Å². The second kappa shape index (κ2) is 7.63. The maximum Gasteiger partial charge on any atom is 0.240 e. The van der Waals surface area contributed by atoms with E-state index in [9.17, 15) is 22.8 Å². The molecule has 0 aromatic heterocycles. The average molecular weight is 304 g/mol. The summed E-state index contributed by atoms with van der Waals surface area (Å²) in [5.41, 5.74) is -0.497. The average Bonchev–Trinajstić information content (AvgIpc) is 2.43. The lowest BCUT2D eigenvalue weighted by molar-refractivity contribution is -0.123. The van der Waals surface area contributed by atoms with Crippen LogP contribution in [0.3, 0.4) is 0 Å². The Hall–Kier alpha value is -2.09. The first kappa shape index (κ1) is 17.0. The van der Waals surface area contributed by atoms with E-state index < -0.39 is 41.5 Å². The fourth-order valence-electron chi connectivity index (χ4n) is 1.58. The molecule has 2 amide bonds. The molecule has 5 nitrogen and oxygen atoms in total. The molecule has 0 atom stereocenters. The number of halogens is 3. The summed E-state index contributed by atoms with van der Waals surface area (Å²) in [6, 6.07) is 1.59. The van der Waals surface area contributed by atoms with Gasteiger partial charge in [0.15, 0.2) is 17.5 Å². The van der Waals surface area contributed by atoms with Crippen LogP contribution in [0, 0.1) is 17.5 Å². The van der Waals surface area contributed by atoms with Crippen LogP contribution in [0.2, 0.25) is 0 Å². The van der Waals surface area contributed by atoms with Crippen LogP contribution in [-0.2, 0) is 14.3 Å². The van der Waals surface area contributed by atoms with Gasteiger partial charge in [0.2, 0.25) is 11.8 Å². The molecule has 0 aliphatic heterocycles. The fraction of sp³-hybridized carbons (Fsp3) is 0.385. The van der Waals surface area contributed by atoms with Gasteiger partial charge in [-0.2, -0.15) is 0 Å². The number of methoxy groups -OCH3 is 1. The van der Waals surface area contributed by atoms with Crippen molar-refractivity contribution >= 4 is 17.5 Å². The minimum atomic E-state index is -1.70. The zero-order chi connectivity index (χ0) is 16.0. The molecule has 0 heterocycles. The van der Waals surface area contributed by atoms with Crippen molar-refractivity contribution < 1.29 is 27.5 Å². The predicted octanol–water partition coefficient (Wildman–Crippen LogP) is 1.22. The number of nitrogens with one attached hydrogen (secondary N) is 1. The Morgan fingerprint density at radius 2 is 1.90 bits per heavy atom. The topological polar surface area (TPSA) is 58.6 Å².